The molecule has 2 aromatic carbocycles. The summed E-state index contributed by atoms with van der Waals surface area (Å²) in [5.74, 6) is 1.10. The smallest absolute Gasteiger partial charge is 0.242 e. The van der Waals surface area contributed by atoms with Gasteiger partial charge in [-0.05, 0) is 29.3 Å². The van der Waals surface area contributed by atoms with Gasteiger partial charge in [0.15, 0.2) is 11.5 Å². The Morgan fingerprint density at radius 2 is 1.78 bits per heavy atom. The molecule has 1 aliphatic heterocycles. The Morgan fingerprint density at radius 1 is 1.07 bits per heavy atom. The highest BCUT2D eigenvalue weighted by molar-refractivity contribution is 7.89. The summed E-state index contributed by atoms with van der Waals surface area (Å²) in [6.07, 6.45) is 0.166. The van der Waals surface area contributed by atoms with Crippen LogP contribution in [0.25, 0.3) is 0 Å². The predicted molar refractivity (Wildman–Crippen MR) is 100 cm³/mol. The van der Waals surface area contributed by atoms with Gasteiger partial charge >= 0.3 is 0 Å². The second-order valence-corrected chi connectivity index (χ2v) is 8.45. The van der Waals surface area contributed by atoms with Crippen molar-refractivity contribution in [3.63, 3.8) is 0 Å². The average molecular weight is 390 g/mol. The van der Waals surface area contributed by atoms with Crippen LogP contribution in [0.15, 0.2) is 47.4 Å². The van der Waals surface area contributed by atoms with Crippen molar-refractivity contribution in [2.45, 2.75) is 17.9 Å². The molecule has 0 aliphatic carbocycles. The number of nitrogens with one attached hydrogen (secondary N) is 1. The molecular formula is C19H22N2O5S. The highest BCUT2D eigenvalue weighted by Gasteiger charge is 2.21. The summed E-state index contributed by atoms with van der Waals surface area (Å²) >= 11 is 0. The summed E-state index contributed by atoms with van der Waals surface area (Å²) in [4.78, 5) is 12.5. The van der Waals surface area contributed by atoms with Crippen LogP contribution in [0.5, 0.6) is 11.5 Å². The topological polar surface area (TPSA) is 84.9 Å². The van der Waals surface area contributed by atoms with E-state index in [1.165, 1.54) is 20.2 Å². The second kappa shape index (κ2) is 7.98. The standard InChI is InChI=1S/C19H22N2O5S/c1-21(2)27(23,24)18-6-4-3-5-15(18)13-20-19(22)12-14-7-8-16-17(11-14)26-10-9-25-16/h3-8,11H,9-10,12-13H2,1-2H3,(H,20,22). The Kier molecular flexibility index (Phi) is 5.67. The number of carbonyl (C=O) groups is 1. The van der Waals surface area contributed by atoms with Crippen molar-refractivity contribution in [2.75, 3.05) is 27.3 Å². The largest absolute Gasteiger partial charge is 0.486 e. The fourth-order valence-corrected chi connectivity index (χ4v) is 3.85. The summed E-state index contributed by atoms with van der Waals surface area (Å²) in [5.41, 5.74) is 1.34. The van der Waals surface area contributed by atoms with Crippen molar-refractivity contribution < 1.29 is 22.7 Å². The first-order valence-corrected chi connectivity index (χ1v) is 9.97. The van der Waals surface area contributed by atoms with E-state index in [1.807, 2.05) is 6.07 Å². The van der Waals surface area contributed by atoms with Crippen LogP contribution in [-0.4, -0.2) is 45.9 Å². The van der Waals surface area contributed by atoms with Crippen LogP contribution in [0.4, 0.5) is 0 Å². The predicted octanol–water partition coefficient (Wildman–Crippen LogP) is 1.57. The zero-order valence-corrected chi connectivity index (χ0v) is 16.1. The Balaban J connectivity index is 1.67. The molecule has 1 heterocycles. The average Bonchev–Trinajstić information content (AvgIpc) is 2.66. The van der Waals surface area contributed by atoms with Crippen molar-refractivity contribution in [2.24, 2.45) is 0 Å². The molecule has 2 aromatic rings. The van der Waals surface area contributed by atoms with Gasteiger partial charge in [0.05, 0.1) is 11.3 Å². The number of ether oxygens (including phenoxy) is 2. The number of amides is 1. The van der Waals surface area contributed by atoms with Gasteiger partial charge in [0, 0.05) is 20.6 Å². The minimum absolute atomic E-state index is 0.132. The minimum Gasteiger partial charge on any atom is -0.486 e. The van der Waals surface area contributed by atoms with Gasteiger partial charge in [0.1, 0.15) is 13.2 Å². The van der Waals surface area contributed by atoms with Gasteiger partial charge in [0.2, 0.25) is 15.9 Å². The van der Waals surface area contributed by atoms with E-state index in [2.05, 4.69) is 5.32 Å². The van der Waals surface area contributed by atoms with Crippen LogP contribution < -0.4 is 14.8 Å². The quantitative estimate of drug-likeness (QED) is 0.809. The van der Waals surface area contributed by atoms with Gasteiger partial charge in [-0.15, -0.1) is 0 Å². The molecule has 1 aliphatic rings. The molecule has 8 heteroatoms. The first kappa shape index (κ1) is 19.2. The molecule has 0 unspecified atom stereocenters. The lowest BCUT2D eigenvalue weighted by Crippen LogP contribution is -2.28. The van der Waals surface area contributed by atoms with Crippen molar-refractivity contribution in [3.8, 4) is 11.5 Å². The summed E-state index contributed by atoms with van der Waals surface area (Å²) in [7, 11) is -0.616. The summed E-state index contributed by atoms with van der Waals surface area (Å²) in [5, 5.41) is 2.78. The first-order chi connectivity index (χ1) is 12.9. The molecule has 3 rings (SSSR count). The van der Waals surface area contributed by atoms with Gasteiger partial charge in [-0.25, -0.2) is 12.7 Å². The number of hydrogen-bond acceptors (Lipinski definition) is 5. The molecule has 1 amide bonds. The molecule has 0 spiro atoms. The van der Waals surface area contributed by atoms with Crippen molar-refractivity contribution in [1.29, 1.82) is 0 Å². The molecule has 0 aromatic heterocycles. The number of carbonyl (C=O) groups excluding carboxylic acids is 1. The van der Waals surface area contributed by atoms with Crippen LogP contribution >= 0.6 is 0 Å². The lowest BCUT2D eigenvalue weighted by Gasteiger charge is -2.19. The maximum absolute atomic E-state index is 12.4. The molecule has 0 saturated heterocycles. The maximum Gasteiger partial charge on any atom is 0.242 e. The van der Waals surface area contributed by atoms with Crippen molar-refractivity contribution in [1.82, 2.24) is 9.62 Å². The van der Waals surface area contributed by atoms with Crippen LogP contribution in [0, 0.1) is 0 Å². The fraction of sp³-hybridized carbons (Fsp3) is 0.316. The van der Waals surface area contributed by atoms with E-state index in [1.54, 1.807) is 30.3 Å². The maximum atomic E-state index is 12.4. The first-order valence-electron chi connectivity index (χ1n) is 8.53. The molecule has 7 nitrogen and oxygen atoms in total. The Hall–Kier alpha value is -2.58. The van der Waals surface area contributed by atoms with E-state index in [0.29, 0.717) is 30.3 Å². The molecular weight excluding hydrogens is 368 g/mol. The molecule has 0 fully saturated rings. The Bertz CT molecular complexity index is 941. The molecule has 144 valence electrons. The molecule has 1 N–H and O–H groups in total. The van der Waals surface area contributed by atoms with E-state index in [4.69, 9.17) is 9.47 Å². The summed E-state index contributed by atoms with van der Waals surface area (Å²) in [6, 6.07) is 12.0. The van der Waals surface area contributed by atoms with Gasteiger partial charge in [0.25, 0.3) is 0 Å². The van der Waals surface area contributed by atoms with E-state index >= 15 is 0 Å². The minimum atomic E-state index is -3.57. The third kappa shape index (κ3) is 4.40. The number of nitrogens with zero attached hydrogens (tertiary/aromatic N) is 1. The number of hydrogen-bond donors (Lipinski definition) is 1. The third-order valence-electron chi connectivity index (χ3n) is 4.18. The fourth-order valence-electron chi connectivity index (χ4n) is 2.74. The van der Waals surface area contributed by atoms with Crippen LogP contribution in [0.2, 0.25) is 0 Å². The Morgan fingerprint density at radius 3 is 2.52 bits per heavy atom. The van der Waals surface area contributed by atoms with Crippen LogP contribution in [0.1, 0.15) is 11.1 Å². The lowest BCUT2D eigenvalue weighted by atomic mass is 10.1. The number of benzene rings is 2. The Labute approximate surface area is 158 Å². The van der Waals surface area contributed by atoms with Crippen molar-refractivity contribution in [3.05, 3.63) is 53.6 Å². The highest BCUT2D eigenvalue weighted by Crippen LogP contribution is 2.30. The zero-order valence-electron chi connectivity index (χ0n) is 15.3. The molecule has 0 bridgehead atoms. The van der Waals surface area contributed by atoms with E-state index in [9.17, 15) is 13.2 Å². The summed E-state index contributed by atoms with van der Waals surface area (Å²) in [6.45, 7) is 1.13. The van der Waals surface area contributed by atoms with Gasteiger partial charge in [-0.2, -0.15) is 0 Å². The second-order valence-electron chi connectivity index (χ2n) is 6.33. The SMILES string of the molecule is CN(C)S(=O)(=O)c1ccccc1CNC(=O)Cc1ccc2c(c1)OCCO2. The van der Waals surface area contributed by atoms with Crippen LogP contribution in [-0.2, 0) is 27.8 Å². The number of rotatable bonds is 6. The van der Waals surface area contributed by atoms with E-state index in [0.717, 1.165) is 9.87 Å². The molecule has 0 saturated carbocycles. The van der Waals surface area contributed by atoms with Gasteiger partial charge in [-0.1, -0.05) is 24.3 Å². The molecule has 0 atom stereocenters. The van der Waals surface area contributed by atoms with Gasteiger partial charge < -0.3 is 14.8 Å². The van der Waals surface area contributed by atoms with Crippen LogP contribution in [0.3, 0.4) is 0 Å². The highest BCUT2D eigenvalue weighted by atomic mass is 32.2. The van der Waals surface area contributed by atoms with Gasteiger partial charge in [-0.3, -0.25) is 4.79 Å². The third-order valence-corrected chi connectivity index (χ3v) is 6.09. The molecule has 0 radical (unpaired) electrons. The molecule has 27 heavy (non-hydrogen) atoms. The lowest BCUT2D eigenvalue weighted by molar-refractivity contribution is -0.120. The normalized spacial score (nSPS) is 13.4. The summed E-state index contributed by atoms with van der Waals surface area (Å²) < 4.78 is 37.0. The monoisotopic (exact) mass is 390 g/mol. The van der Waals surface area contributed by atoms with E-state index in [-0.39, 0.29) is 23.8 Å². The van der Waals surface area contributed by atoms with Crippen molar-refractivity contribution >= 4 is 15.9 Å². The van der Waals surface area contributed by atoms with E-state index < -0.39 is 10.0 Å². The number of fused-ring (bicyclic) bond motifs is 1. The number of sulfonamides is 1. The zero-order chi connectivity index (χ0) is 19.4.